The minimum atomic E-state index is 0.0724. The molecule has 2 aromatic heterocycles. The smallest absolute Gasteiger partial charge is 0.221 e. The maximum Gasteiger partial charge on any atom is 0.221 e. The number of imidazole rings is 1. The van der Waals surface area contributed by atoms with E-state index in [1.165, 1.54) is 0 Å². The lowest BCUT2D eigenvalue weighted by molar-refractivity contribution is -0.121. The monoisotopic (exact) mass is 275 g/mol. The molecule has 0 fully saturated rings. The van der Waals surface area contributed by atoms with Crippen molar-refractivity contribution in [2.45, 2.75) is 39.8 Å². The summed E-state index contributed by atoms with van der Waals surface area (Å²) in [5.74, 6) is 0.0724. The van der Waals surface area contributed by atoms with Gasteiger partial charge in [-0.15, -0.1) is 0 Å². The van der Waals surface area contributed by atoms with Crippen LogP contribution < -0.4 is 5.32 Å². The first-order valence-electron chi connectivity index (χ1n) is 6.88. The summed E-state index contributed by atoms with van der Waals surface area (Å²) in [6, 6.07) is 2.02. The Bertz CT molecular complexity index is 544. The van der Waals surface area contributed by atoms with Gasteiger partial charge >= 0.3 is 0 Å². The molecule has 2 heterocycles. The van der Waals surface area contributed by atoms with Gasteiger partial charge in [0.15, 0.2) is 0 Å². The third-order valence-corrected chi connectivity index (χ3v) is 3.13. The summed E-state index contributed by atoms with van der Waals surface area (Å²) in [6.45, 7) is 6.15. The van der Waals surface area contributed by atoms with Crippen LogP contribution in [0.2, 0.25) is 0 Å². The molecule has 0 aliphatic rings. The summed E-state index contributed by atoms with van der Waals surface area (Å²) in [4.78, 5) is 15.7. The van der Waals surface area contributed by atoms with Crippen LogP contribution in [0.3, 0.4) is 0 Å². The lowest BCUT2D eigenvalue weighted by atomic mass is 10.3. The van der Waals surface area contributed by atoms with Crippen molar-refractivity contribution < 1.29 is 4.79 Å². The predicted octanol–water partition coefficient (Wildman–Crippen LogP) is 1.29. The van der Waals surface area contributed by atoms with Crippen LogP contribution in [0, 0.1) is 13.8 Å². The minimum Gasteiger partial charge on any atom is -0.356 e. The van der Waals surface area contributed by atoms with Gasteiger partial charge in [-0.1, -0.05) is 0 Å². The van der Waals surface area contributed by atoms with Crippen molar-refractivity contribution in [3.8, 4) is 0 Å². The van der Waals surface area contributed by atoms with Crippen molar-refractivity contribution in [1.82, 2.24) is 24.6 Å². The van der Waals surface area contributed by atoms with Crippen molar-refractivity contribution in [1.29, 1.82) is 0 Å². The zero-order valence-electron chi connectivity index (χ0n) is 12.0. The molecule has 6 heteroatoms. The number of carbonyl (C=O) groups excluding carboxylic acids is 1. The second-order valence-electron chi connectivity index (χ2n) is 4.90. The number of aromatic nitrogens is 4. The van der Waals surface area contributed by atoms with E-state index in [4.69, 9.17) is 0 Å². The Labute approximate surface area is 118 Å². The van der Waals surface area contributed by atoms with Crippen LogP contribution in [0.15, 0.2) is 24.8 Å². The highest BCUT2D eigenvalue weighted by molar-refractivity contribution is 5.75. The molecule has 0 spiro atoms. The van der Waals surface area contributed by atoms with Crippen molar-refractivity contribution in [3.63, 3.8) is 0 Å². The maximum atomic E-state index is 11.7. The van der Waals surface area contributed by atoms with Gasteiger partial charge in [-0.2, -0.15) is 5.10 Å². The van der Waals surface area contributed by atoms with E-state index in [1.54, 1.807) is 12.5 Å². The second-order valence-corrected chi connectivity index (χ2v) is 4.90. The Morgan fingerprint density at radius 2 is 2.20 bits per heavy atom. The summed E-state index contributed by atoms with van der Waals surface area (Å²) in [5, 5.41) is 7.27. The fourth-order valence-corrected chi connectivity index (χ4v) is 2.11. The van der Waals surface area contributed by atoms with Crippen LogP contribution in [0.4, 0.5) is 0 Å². The number of hydrogen-bond donors (Lipinski definition) is 1. The minimum absolute atomic E-state index is 0.0724. The molecule has 0 bridgehead atoms. The fourth-order valence-electron chi connectivity index (χ4n) is 2.11. The quantitative estimate of drug-likeness (QED) is 0.774. The SMILES string of the molecule is Cc1cc(C)n(CCC(=O)NCCCn2ccnc2)n1. The van der Waals surface area contributed by atoms with Gasteiger partial charge in [0.05, 0.1) is 12.0 Å². The molecular formula is C14H21N5O. The molecule has 2 aromatic rings. The highest BCUT2D eigenvalue weighted by Crippen LogP contribution is 2.02. The Morgan fingerprint density at radius 1 is 1.35 bits per heavy atom. The van der Waals surface area contributed by atoms with Gasteiger partial charge in [-0.3, -0.25) is 9.48 Å². The van der Waals surface area contributed by atoms with E-state index >= 15 is 0 Å². The first-order valence-corrected chi connectivity index (χ1v) is 6.88. The van der Waals surface area contributed by atoms with E-state index in [0.717, 1.165) is 24.4 Å². The Balaban J connectivity index is 1.62. The summed E-state index contributed by atoms with van der Waals surface area (Å²) in [6.07, 6.45) is 6.83. The molecule has 0 aromatic carbocycles. The van der Waals surface area contributed by atoms with Gasteiger partial charge in [0.1, 0.15) is 0 Å². The van der Waals surface area contributed by atoms with E-state index in [9.17, 15) is 4.79 Å². The summed E-state index contributed by atoms with van der Waals surface area (Å²) in [5.41, 5.74) is 2.08. The first-order chi connectivity index (χ1) is 9.65. The molecular weight excluding hydrogens is 254 g/mol. The zero-order valence-corrected chi connectivity index (χ0v) is 12.0. The lowest BCUT2D eigenvalue weighted by Gasteiger charge is -2.07. The van der Waals surface area contributed by atoms with Crippen LogP contribution in [0.5, 0.6) is 0 Å². The molecule has 108 valence electrons. The normalized spacial score (nSPS) is 10.7. The summed E-state index contributed by atoms with van der Waals surface area (Å²) < 4.78 is 3.88. The van der Waals surface area contributed by atoms with E-state index < -0.39 is 0 Å². The molecule has 0 saturated heterocycles. The van der Waals surface area contributed by atoms with Gasteiger partial charge in [-0.05, 0) is 26.3 Å². The van der Waals surface area contributed by atoms with Crippen LogP contribution in [0.25, 0.3) is 0 Å². The zero-order chi connectivity index (χ0) is 14.4. The molecule has 1 N–H and O–H groups in total. The first kappa shape index (κ1) is 14.3. The fraction of sp³-hybridized carbons (Fsp3) is 0.500. The standard InChI is InChI=1S/C14H21N5O/c1-12-10-13(2)19(17-12)8-4-14(20)16-5-3-7-18-9-6-15-11-18/h6,9-11H,3-5,7-8H2,1-2H3,(H,16,20). The molecule has 0 unspecified atom stereocenters. The van der Waals surface area contributed by atoms with Crippen molar-refractivity contribution in [3.05, 3.63) is 36.2 Å². The number of aryl methyl sites for hydroxylation is 4. The lowest BCUT2D eigenvalue weighted by Crippen LogP contribution is -2.26. The van der Waals surface area contributed by atoms with E-state index in [1.807, 2.05) is 35.4 Å². The summed E-state index contributed by atoms with van der Waals surface area (Å²) >= 11 is 0. The van der Waals surface area contributed by atoms with E-state index in [-0.39, 0.29) is 5.91 Å². The molecule has 1 amide bonds. The molecule has 2 rings (SSSR count). The Morgan fingerprint density at radius 3 is 2.85 bits per heavy atom. The van der Waals surface area contributed by atoms with Crippen molar-refractivity contribution in [2.24, 2.45) is 0 Å². The average Bonchev–Trinajstić information content (AvgIpc) is 3.02. The number of nitrogens with zero attached hydrogens (tertiary/aromatic N) is 4. The second kappa shape index (κ2) is 6.88. The van der Waals surface area contributed by atoms with Gasteiger partial charge in [0.2, 0.25) is 5.91 Å². The van der Waals surface area contributed by atoms with Crippen LogP contribution in [-0.4, -0.2) is 31.8 Å². The van der Waals surface area contributed by atoms with Crippen molar-refractivity contribution in [2.75, 3.05) is 6.54 Å². The van der Waals surface area contributed by atoms with E-state index in [0.29, 0.717) is 19.5 Å². The highest BCUT2D eigenvalue weighted by atomic mass is 16.1. The molecule has 0 saturated carbocycles. The molecule has 0 radical (unpaired) electrons. The third-order valence-electron chi connectivity index (χ3n) is 3.13. The third kappa shape index (κ3) is 4.22. The number of amides is 1. The predicted molar refractivity (Wildman–Crippen MR) is 76.2 cm³/mol. The highest BCUT2D eigenvalue weighted by Gasteiger charge is 2.04. The average molecular weight is 275 g/mol. The maximum absolute atomic E-state index is 11.7. The largest absolute Gasteiger partial charge is 0.356 e. The number of carbonyl (C=O) groups is 1. The molecule has 6 nitrogen and oxygen atoms in total. The Kier molecular flexibility index (Phi) is 4.92. The van der Waals surface area contributed by atoms with Gasteiger partial charge in [-0.25, -0.2) is 4.98 Å². The molecule has 20 heavy (non-hydrogen) atoms. The number of hydrogen-bond acceptors (Lipinski definition) is 3. The Hall–Kier alpha value is -2.11. The van der Waals surface area contributed by atoms with Crippen LogP contribution >= 0.6 is 0 Å². The van der Waals surface area contributed by atoms with E-state index in [2.05, 4.69) is 15.4 Å². The van der Waals surface area contributed by atoms with Gasteiger partial charge < -0.3 is 9.88 Å². The molecule has 0 atom stereocenters. The summed E-state index contributed by atoms with van der Waals surface area (Å²) in [7, 11) is 0. The molecule has 0 aliphatic heterocycles. The topological polar surface area (TPSA) is 64.7 Å². The number of rotatable bonds is 7. The van der Waals surface area contributed by atoms with Crippen molar-refractivity contribution >= 4 is 5.91 Å². The molecule has 0 aliphatic carbocycles. The van der Waals surface area contributed by atoms with Crippen LogP contribution in [0.1, 0.15) is 24.2 Å². The number of nitrogens with one attached hydrogen (secondary N) is 1. The van der Waals surface area contributed by atoms with Gasteiger partial charge in [0, 0.05) is 44.1 Å². The van der Waals surface area contributed by atoms with Gasteiger partial charge in [0.25, 0.3) is 0 Å². The van der Waals surface area contributed by atoms with Crippen LogP contribution in [-0.2, 0) is 17.9 Å².